The molecule has 21 heavy (non-hydrogen) atoms. The lowest BCUT2D eigenvalue weighted by Crippen LogP contribution is -2.62. The number of aliphatic hydroxyl groups excluding tert-OH is 4. The summed E-state index contributed by atoms with van der Waals surface area (Å²) >= 11 is 0. The summed E-state index contributed by atoms with van der Waals surface area (Å²) in [5.74, 6) is 0. The fourth-order valence-corrected chi connectivity index (χ4v) is 2.76. The Labute approximate surface area is 122 Å². The van der Waals surface area contributed by atoms with Crippen LogP contribution in [-0.4, -0.2) is 82.0 Å². The van der Waals surface area contributed by atoms with Crippen LogP contribution in [0.1, 0.15) is 12.8 Å². The van der Waals surface area contributed by atoms with E-state index < -0.39 is 55.0 Å². The first-order valence-electron chi connectivity index (χ1n) is 7.09. The van der Waals surface area contributed by atoms with Crippen LogP contribution in [-0.2, 0) is 9.47 Å². The second kappa shape index (κ2) is 6.82. The zero-order valence-corrected chi connectivity index (χ0v) is 11.7. The average Bonchev–Trinajstić information content (AvgIpc) is 2.45. The van der Waals surface area contributed by atoms with E-state index in [0.29, 0.717) is 6.42 Å². The summed E-state index contributed by atoms with van der Waals surface area (Å²) in [6, 6.07) is -0.938. The van der Waals surface area contributed by atoms with Crippen molar-refractivity contribution in [2.75, 3.05) is 6.54 Å². The highest BCUT2D eigenvalue weighted by atomic mass is 16.7. The number of ether oxygens (including phenoxy) is 2. The Hall–Kier alpha value is -0.360. The van der Waals surface area contributed by atoms with Crippen LogP contribution in [0.4, 0.5) is 0 Å². The van der Waals surface area contributed by atoms with Gasteiger partial charge in [-0.05, 0) is 12.8 Å². The van der Waals surface area contributed by atoms with Crippen molar-refractivity contribution in [1.82, 2.24) is 0 Å². The maximum absolute atomic E-state index is 9.93. The van der Waals surface area contributed by atoms with Crippen molar-refractivity contribution < 1.29 is 29.9 Å². The van der Waals surface area contributed by atoms with Crippen molar-refractivity contribution in [2.24, 2.45) is 17.2 Å². The van der Waals surface area contributed by atoms with Gasteiger partial charge in [-0.3, -0.25) is 0 Å². The van der Waals surface area contributed by atoms with Gasteiger partial charge in [0.2, 0.25) is 0 Å². The molecular weight excluding hydrogens is 282 g/mol. The molecule has 0 spiro atoms. The van der Waals surface area contributed by atoms with Crippen LogP contribution in [0.25, 0.3) is 0 Å². The summed E-state index contributed by atoms with van der Waals surface area (Å²) in [5, 5.41) is 39.1. The van der Waals surface area contributed by atoms with Crippen LogP contribution in [0.5, 0.6) is 0 Å². The molecule has 1 saturated carbocycles. The maximum Gasteiger partial charge on any atom is 0.186 e. The SMILES string of the molecule is NC[C@@H]1O[C@@H](O[C@@H]2C[C@@H](N)[C@H](O)C[C@H]2N)[C@@H](O)[C@H](O)[C@H]1O. The van der Waals surface area contributed by atoms with Crippen molar-refractivity contribution in [3.8, 4) is 0 Å². The molecule has 124 valence electrons. The second-order valence-electron chi connectivity index (χ2n) is 5.79. The van der Waals surface area contributed by atoms with Gasteiger partial charge in [-0.2, -0.15) is 0 Å². The normalized spacial score (nSPS) is 51.9. The first-order chi connectivity index (χ1) is 9.85. The van der Waals surface area contributed by atoms with E-state index in [1.807, 2.05) is 0 Å². The van der Waals surface area contributed by atoms with Crippen LogP contribution in [0, 0.1) is 0 Å². The van der Waals surface area contributed by atoms with E-state index in [2.05, 4.69) is 0 Å². The molecule has 0 bridgehead atoms. The highest BCUT2D eigenvalue weighted by Crippen LogP contribution is 2.27. The zero-order valence-electron chi connectivity index (χ0n) is 11.7. The van der Waals surface area contributed by atoms with Crippen molar-refractivity contribution in [1.29, 1.82) is 0 Å². The third-order valence-corrected chi connectivity index (χ3v) is 4.20. The summed E-state index contributed by atoms with van der Waals surface area (Å²) in [6.45, 7) is -0.0280. The molecule has 10 N–H and O–H groups in total. The lowest BCUT2D eigenvalue weighted by atomic mass is 9.87. The van der Waals surface area contributed by atoms with E-state index in [1.54, 1.807) is 0 Å². The molecule has 1 saturated heterocycles. The Balaban J connectivity index is 2.01. The molecule has 0 radical (unpaired) electrons. The summed E-state index contributed by atoms with van der Waals surface area (Å²) in [6.07, 6.45) is -6.75. The molecule has 1 aliphatic heterocycles. The predicted octanol–water partition coefficient (Wildman–Crippen LogP) is -4.05. The van der Waals surface area contributed by atoms with Crippen LogP contribution in [0.15, 0.2) is 0 Å². The van der Waals surface area contributed by atoms with Crippen LogP contribution < -0.4 is 17.2 Å². The zero-order chi connectivity index (χ0) is 15.7. The molecule has 0 amide bonds. The van der Waals surface area contributed by atoms with Crippen molar-refractivity contribution in [3.05, 3.63) is 0 Å². The molecule has 2 fully saturated rings. The largest absolute Gasteiger partial charge is 0.391 e. The summed E-state index contributed by atoms with van der Waals surface area (Å²) in [4.78, 5) is 0. The van der Waals surface area contributed by atoms with E-state index in [0.717, 1.165) is 0 Å². The van der Waals surface area contributed by atoms with Crippen molar-refractivity contribution >= 4 is 0 Å². The molecule has 9 nitrogen and oxygen atoms in total. The van der Waals surface area contributed by atoms with Gasteiger partial charge in [0.05, 0.1) is 12.2 Å². The molecule has 9 atom stereocenters. The Bertz CT molecular complexity index is 347. The first-order valence-corrected chi connectivity index (χ1v) is 7.09. The topological polar surface area (TPSA) is 177 Å². The fraction of sp³-hybridized carbons (Fsp3) is 1.00. The van der Waals surface area contributed by atoms with E-state index in [1.165, 1.54) is 0 Å². The van der Waals surface area contributed by atoms with E-state index in [-0.39, 0.29) is 13.0 Å². The Morgan fingerprint density at radius 2 is 1.62 bits per heavy atom. The smallest absolute Gasteiger partial charge is 0.186 e. The van der Waals surface area contributed by atoms with Crippen LogP contribution in [0.3, 0.4) is 0 Å². The molecule has 0 unspecified atom stereocenters. The molecule has 2 aliphatic rings. The average molecular weight is 307 g/mol. The van der Waals surface area contributed by atoms with Gasteiger partial charge in [0.25, 0.3) is 0 Å². The lowest BCUT2D eigenvalue weighted by Gasteiger charge is -2.43. The monoisotopic (exact) mass is 307 g/mol. The van der Waals surface area contributed by atoms with E-state index in [4.69, 9.17) is 26.7 Å². The predicted molar refractivity (Wildman–Crippen MR) is 71.8 cm³/mol. The van der Waals surface area contributed by atoms with Crippen LogP contribution >= 0.6 is 0 Å². The van der Waals surface area contributed by atoms with Gasteiger partial charge >= 0.3 is 0 Å². The second-order valence-corrected chi connectivity index (χ2v) is 5.79. The Kier molecular flexibility index (Phi) is 5.52. The minimum Gasteiger partial charge on any atom is -0.391 e. The fourth-order valence-electron chi connectivity index (χ4n) is 2.76. The minimum absolute atomic E-state index is 0.0280. The van der Waals surface area contributed by atoms with Gasteiger partial charge < -0.3 is 47.1 Å². The Morgan fingerprint density at radius 1 is 0.952 bits per heavy atom. The van der Waals surface area contributed by atoms with Gasteiger partial charge in [-0.15, -0.1) is 0 Å². The summed E-state index contributed by atoms with van der Waals surface area (Å²) in [5.41, 5.74) is 17.1. The third-order valence-electron chi connectivity index (χ3n) is 4.20. The van der Waals surface area contributed by atoms with Crippen LogP contribution in [0.2, 0.25) is 0 Å². The molecule has 0 aromatic carbocycles. The standard InChI is InChI=1S/C12H25N3O6/c13-3-8-9(17)10(18)11(19)12(21-8)20-7-2-4(14)6(16)1-5(7)15/h4-12,16-19H,1-3,13-15H2/t4-,5-,6-,7-,8+,9+,10-,11+,12-/m1/s1. The number of aliphatic hydroxyl groups is 4. The highest BCUT2D eigenvalue weighted by molar-refractivity contribution is 4.94. The summed E-state index contributed by atoms with van der Waals surface area (Å²) in [7, 11) is 0. The number of nitrogens with two attached hydrogens (primary N) is 3. The Morgan fingerprint density at radius 3 is 2.24 bits per heavy atom. The highest BCUT2D eigenvalue weighted by Gasteiger charge is 2.45. The molecule has 0 aromatic heterocycles. The summed E-state index contributed by atoms with van der Waals surface area (Å²) < 4.78 is 11.0. The van der Waals surface area contributed by atoms with Gasteiger partial charge in [-0.1, -0.05) is 0 Å². The minimum atomic E-state index is -1.42. The number of hydrogen-bond acceptors (Lipinski definition) is 9. The van der Waals surface area contributed by atoms with Crippen molar-refractivity contribution in [2.45, 2.75) is 67.8 Å². The quantitative estimate of drug-likeness (QED) is 0.273. The lowest BCUT2D eigenvalue weighted by molar-refractivity contribution is -0.309. The van der Waals surface area contributed by atoms with Crippen molar-refractivity contribution in [3.63, 3.8) is 0 Å². The molecule has 1 heterocycles. The number of rotatable bonds is 3. The maximum atomic E-state index is 9.93. The van der Waals surface area contributed by atoms with Gasteiger partial charge in [-0.25, -0.2) is 0 Å². The molecule has 0 aromatic rings. The van der Waals surface area contributed by atoms with Gasteiger partial charge in [0, 0.05) is 18.6 Å². The number of hydrogen-bond donors (Lipinski definition) is 7. The molecular formula is C12H25N3O6. The molecule has 9 heteroatoms. The van der Waals surface area contributed by atoms with Gasteiger partial charge in [0.15, 0.2) is 6.29 Å². The van der Waals surface area contributed by atoms with E-state index in [9.17, 15) is 20.4 Å². The molecule has 2 rings (SSSR count). The van der Waals surface area contributed by atoms with Gasteiger partial charge in [0.1, 0.15) is 24.4 Å². The molecule has 1 aliphatic carbocycles. The first kappa shape index (κ1) is 17.0. The third kappa shape index (κ3) is 3.52. The van der Waals surface area contributed by atoms with E-state index >= 15 is 0 Å².